The Morgan fingerprint density at radius 2 is 2.21 bits per heavy atom. The highest BCUT2D eigenvalue weighted by Crippen LogP contribution is 2.21. The van der Waals surface area contributed by atoms with Crippen LogP contribution >= 0.6 is 0 Å². The molecule has 1 fully saturated rings. The predicted molar refractivity (Wildman–Crippen MR) is 93.2 cm³/mol. The van der Waals surface area contributed by atoms with Crippen molar-refractivity contribution >= 4 is 5.91 Å². The molecule has 2 heterocycles. The Morgan fingerprint density at radius 1 is 1.42 bits per heavy atom. The smallest absolute Gasteiger partial charge is 0.269 e. The highest BCUT2D eigenvalue weighted by atomic mass is 16.5. The number of aromatic amines is 1. The van der Waals surface area contributed by atoms with Crippen LogP contribution in [-0.2, 0) is 0 Å². The molecule has 6 nitrogen and oxygen atoms in total. The van der Waals surface area contributed by atoms with E-state index in [4.69, 9.17) is 4.74 Å². The van der Waals surface area contributed by atoms with E-state index in [9.17, 15) is 4.79 Å². The zero-order valence-corrected chi connectivity index (χ0v) is 14.2. The molecule has 0 bridgehead atoms. The third-order valence-electron chi connectivity index (χ3n) is 4.24. The van der Waals surface area contributed by atoms with Crippen LogP contribution in [0, 0.1) is 0 Å². The molecule has 1 aromatic carbocycles. The van der Waals surface area contributed by atoms with Crippen molar-refractivity contribution in [3.05, 3.63) is 36.0 Å². The van der Waals surface area contributed by atoms with Crippen LogP contribution in [0.25, 0.3) is 11.3 Å². The second-order valence-corrected chi connectivity index (χ2v) is 6.20. The Kier molecular flexibility index (Phi) is 5.15. The number of likely N-dealkylation sites (tertiary alicyclic amines) is 1. The van der Waals surface area contributed by atoms with Gasteiger partial charge in [-0.05, 0) is 63.7 Å². The first kappa shape index (κ1) is 16.5. The first-order chi connectivity index (χ1) is 11.7. The summed E-state index contributed by atoms with van der Waals surface area (Å²) in [5.41, 5.74) is 2.20. The predicted octanol–water partition coefficient (Wildman–Crippen LogP) is 2.30. The number of amides is 1. The molecular weight excluding hydrogens is 304 g/mol. The van der Waals surface area contributed by atoms with E-state index in [0.717, 1.165) is 42.9 Å². The molecule has 0 radical (unpaired) electrons. The highest BCUT2D eigenvalue weighted by molar-refractivity contribution is 5.93. The highest BCUT2D eigenvalue weighted by Gasteiger charge is 2.20. The molecule has 1 aliphatic rings. The number of carbonyl (C=O) groups excluding carboxylic acids is 1. The van der Waals surface area contributed by atoms with Gasteiger partial charge < -0.3 is 15.0 Å². The van der Waals surface area contributed by atoms with E-state index in [1.807, 2.05) is 31.2 Å². The number of carbonyl (C=O) groups is 1. The van der Waals surface area contributed by atoms with Crippen molar-refractivity contribution in [2.24, 2.45) is 0 Å². The molecule has 2 N–H and O–H groups in total. The van der Waals surface area contributed by atoms with Crippen molar-refractivity contribution in [3.63, 3.8) is 0 Å². The van der Waals surface area contributed by atoms with Crippen LogP contribution in [0.15, 0.2) is 30.3 Å². The Hall–Kier alpha value is -2.34. The van der Waals surface area contributed by atoms with Crippen molar-refractivity contribution in [3.8, 4) is 17.0 Å². The minimum atomic E-state index is -0.0972. The second-order valence-electron chi connectivity index (χ2n) is 6.20. The Bertz CT molecular complexity index is 681. The fourth-order valence-electron chi connectivity index (χ4n) is 3.02. The lowest BCUT2D eigenvalue weighted by Gasteiger charge is -2.29. The molecule has 3 rings (SSSR count). The first-order valence-corrected chi connectivity index (χ1v) is 8.43. The van der Waals surface area contributed by atoms with E-state index < -0.39 is 0 Å². The number of aromatic nitrogens is 2. The van der Waals surface area contributed by atoms with Crippen LogP contribution in [-0.4, -0.2) is 53.8 Å². The van der Waals surface area contributed by atoms with Gasteiger partial charge in [-0.25, -0.2) is 0 Å². The maximum absolute atomic E-state index is 12.4. The molecule has 6 heteroatoms. The lowest BCUT2D eigenvalue weighted by atomic mass is 10.1. The van der Waals surface area contributed by atoms with Crippen LogP contribution in [0.5, 0.6) is 5.75 Å². The largest absolute Gasteiger partial charge is 0.494 e. The maximum atomic E-state index is 12.4. The lowest BCUT2D eigenvalue weighted by Crippen LogP contribution is -2.46. The average Bonchev–Trinajstić information content (AvgIpc) is 3.06. The number of nitrogens with zero attached hydrogens (tertiary/aromatic N) is 2. The summed E-state index contributed by atoms with van der Waals surface area (Å²) >= 11 is 0. The minimum absolute atomic E-state index is 0.0972. The summed E-state index contributed by atoms with van der Waals surface area (Å²) in [6.07, 6.45) is 2.14. The molecule has 2 aromatic rings. The molecule has 0 spiro atoms. The van der Waals surface area contributed by atoms with Gasteiger partial charge >= 0.3 is 0 Å². The standard InChI is InChI=1S/C18H24N4O2/c1-3-24-15-8-6-13(7-9-15)16-11-17(21-20-16)18(23)19-14-5-4-10-22(2)12-14/h6-9,11,14H,3-5,10,12H2,1-2H3,(H,19,23)(H,20,21). The van der Waals surface area contributed by atoms with Gasteiger partial charge in [-0.15, -0.1) is 0 Å². The summed E-state index contributed by atoms with van der Waals surface area (Å²) in [5, 5.41) is 10.2. The quantitative estimate of drug-likeness (QED) is 0.883. The number of ether oxygens (including phenoxy) is 1. The molecule has 1 atom stereocenters. The first-order valence-electron chi connectivity index (χ1n) is 8.43. The third kappa shape index (κ3) is 3.94. The van der Waals surface area contributed by atoms with Crippen molar-refractivity contribution in [2.75, 3.05) is 26.7 Å². The molecule has 24 heavy (non-hydrogen) atoms. The van der Waals surface area contributed by atoms with Crippen molar-refractivity contribution in [1.82, 2.24) is 20.4 Å². The zero-order valence-electron chi connectivity index (χ0n) is 14.2. The van der Waals surface area contributed by atoms with Gasteiger partial charge in [-0.1, -0.05) is 0 Å². The zero-order chi connectivity index (χ0) is 16.9. The topological polar surface area (TPSA) is 70.2 Å². The van der Waals surface area contributed by atoms with Gasteiger partial charge in [0.1, 0.15) is 11.4 Å². The minimum Gasteiger partial charge on any atom is -0.494 e. The van der Waals surface area contributed by atoms with Gasteiger partial charge in [0.25, 0.3) is 5.91 Å². The maximum Gasteiger partial charge on any atom is 0.269 e. The summed E-state index contributed by atoms with van der Waals surface area (Å²) in [6.45, 7) is 4.59. The molecule has 1 amide bonds. The van der Waals surface area contributed by atoms with E-state index in [-0.39, 0.29) is 11.9 Å². The van der Waals surface area contributed by atoms with Crippen LogP contribution < -0.4 is 10.1 Å². The SMILES string of the molecule is CCOc1ccc(-c2cc(C(=O)NC3CCCN(C)C3)[nH]n2)cc1. The Morgan fingerprint density at radius 3 is 2.92 bits per heavy atom. The molecular formula is C18H24N4O2. The number of benzene rings is 1. The molecule has 1 saturated heterocycles. The van der Waals surface area contributed by atoms with Gasteiger partial charge in [0, 0.05) is 18.2 Å². The van der Waals surface area contributed by atoms with Crippen LogP contribution in [0.3, 0.4) is 0 Å². The summed E-state index contributed by atoms with van der Waals surface area (Å²) in [5.74, 6) is 0.733. The molecule has 1 aromatic heterocycles. The van der Waals surface area contributed by atoms with E-state index in [1.165, 1.54) is 0 Å². The van der Waals surface area contributed by atoms with Crippen LogP contribution in [0.1, 0.15) is 30.3 Å². The van der Waals surface area contributed by atoms with E-state index in [0.29, 0.717) is 12.3 Å². The number of likely N-dealkylation sites (N-methyl/N-ethyl adjacent to an activating group) is 1. The summed E-state index contributed by atoms with van der Waals surface area (Å²) in [7, 11) is 2.08. The molecule has 128 valence electrons. The normalized spacial score (nSPS) is 18.3. The average molecular weight is 328 g/mol. The van der Waals surface area contributed by atoms with E-state index in [1.54, 1.807) is 6.07 Å². The number of hydrogen-bond donors (Lipinski definition) is 2. The number of piperidine rings is 1. The molecule has 1 aliphatic heterocycles. The lowest BCUT2D eigenvalue weighted by molar-refractivity contribution is 0.0907. The van der Waals surface area contributed by atoms with Crippen molar-refractivity contribution in [1.29, 1.82) is 0 Å². The van der Waals surface area contributed by atoms with E-state index in [2.05, 4.69) is 27.5 Å². The molecule has 1 unspecified atom stereocenters. The van der Waals surface area contributed by atoms with Crippen molar-refractivity contribution < 1.29 is 9.53 Å². The number of H-pyrrole nitrogens is 1. The number of rotatable bonds is 5. The Labute approximate surface area is 142 Å². The van der Waals surface area contributed by atoms with Crippen LogP contribution in [0.4, 0.5) is 0 Å². The van der Waals surface area contributed by atoms with Gasteiger partial charge in [-0.3, -0.25) is 9.89 Å². The number of hydrogen-bond acceptors (Lipinski definition) is 4. The van der Waals surface area contributed by atoms with Crippen molar-refractivity contribution in [2.45, 2.75) is 25.8 Å². The van der Waals surface area contributed by atoms with Gasteiger partial charge in [-0.2, -0.15) is 5.10 Å². The van der Waals surface area contributed by atoms with E-state index >= 15 is 0 Å². The second kappa shape index (κ2) is 7.49. The Balaban J connectivity index is 1.65. The monoisotopic (exact) mass is 328 g/mol. The van der Waals surface area contributed by atoms with Crippen LogP contribution in [0.2, 0.25) is 0 Å². The van der Waals surface area contributed by atoms with Gasteiger partial charge in [0.2, 0.25) is 0 Å². The third-order valence-corrected chi connectivity index (χ3v) is 4.24. The fourth-order valence-corrected chi connectivity index (χ4v) is 3.02. The molecule has 0 saturated carbocycles. The van der Waals surface area contributed by atoms with Gasteiger partial charge in [0.15, 0.2) is 0 Å². The summed E-state index contributed by atoms with van der Waals surface area (Å²) in [6, 6.07) is 9.69. The summed E-state index contributed by atoms with van der Waals surface area (Å²) < 4.78 is 5.44. The fraction of sp³-hybridized carbons (Fsp3) is 0.444. The summed E-state index contributed by atoms with van der Waals surface area (Å²) in [4.78, 5) is 14.6. The molecule has 0 aliphatic carbocycles. The number of nitrogens with one attached hydrogen (secondary N) is 2. The van der Waals surface area contributed by atoms with Gasteiger partial charge in [0.05, 0.1) is 12.3 Å².